The van der Waals surface area contributed by atoms with Crippen molar-refractivity contribution in [3.63, 3.8) is 0 Å². The fourth-order valence-corrected chi connectivity index (χ4v) is 3.13. The minimum atomic E-state index is -0.162. The molecule has 3 heteroatoms. The molecule has 20 heavy (non-hydrogen) atoms. The van der Waals surface area contributed by atoms with E-state index in [1.807, 2.05) is 6.20 Å². The molecule has 1 aliphatic carbocycles. The largest absolute Gasteiger partial charge is 0.391 e. The standard InChI is InChI=1S/C17H28N2O/c1-3-11-19(16-7-5-6-8-17(16)20)13-15-10-9-14(4-2)12-18-15/h9-10,12,16-17,20H,3-8,11,13H2,1-2H3/t16-,17-/m1/s1. The van der Waals surface area contributed by atoms with Gasteiger partial charge in [0, 0.05) is 18.8 Å². The normalized spacial score (nSPS) is 23.2. The Kier molecular flexibility index (Phi) is 5.99. The van der Waals surface area contributed by atoms with Gasteiger partial charge in [-0.1, -0.05) is 32.8 Å². The van der Waals surface area contributed by atoms with Crippen LogP contribution in [0.5, 0.6) is 0 Å². The molecule has 1 fully saturated rings. The van der Waals surface area contributed by atoms with E-state index in [1.54, 1.807) is 0 Å². The molecule has 3 nitrogen and oxygen atoms in total. The number of rotatable bonds is 6. The molecule has 1 saturated carbocycles. The maximum atomic E-state index is 10.3. The molecule has 1 heterocycles. The molecule has 0 aliphatic heterocycles. The second-order valence-electron chi connectivity index (χ2n) is 5.90. The molecule has 1 aromatic rings. The summed E-state index contributed by atoms with van der Waals surface area (Å²) in [4.78, 5) is 7.00. The number of aliphatic hydroxyl groups excluding tert-OH is 1. The van der Waals surface area contributed by atoms with Crippen LogP contribution in [0.2, 0.25) is 0 Å². The van der Waals surface area contributed by atoms with Gasteiger partial charge < -0.3 is 5.11 Å². The smallest absolute Gasteiger partial charge is 0.0695 e. The Morgan fingerprint density at radius 1 is 1.25 bits per heavy atom. The lowest BCUT2D eigenvalue weighted by Gasteiger charge is -2.37. The predicted octanol–water partition coefficient (Wildman–Crippen LogP) is 3.16. The lowest BCUT2D eigenvalue weighted by molar-refractivity contribution is 0.0151. The second kappa shape index (κ2) is 7.75. The molecule has 1 N–H and O–H groups in total. The Labute approximate surface area is 123 Å². The quantitative estimate of drug-likeness (QED) is 0.867. The van der Waals surface area contributed by atoms with E-state index in [2.05, 4.69) is 35.9 Å². The molecule has 1 aliphatic rings. The summed E-state index contributed by atoms with van der Waals surface area (Å²) in [7, 11) is 0. The zero-order chi connectivity index (χ0) is 14.4. The third-order valence-electron chi connectivity index (χ3n) is 4.33. The van der Waals surface area contributed by atoms with Crippen molar-refractivity contribution >= 4 is 0 Å². The number of nitrogens with zero attached hydrogens (tertiary/aromatic N) is 2. The van der Waals surface area contributed by atoms with Gasteiger partial charge in [0.2, 0.25) is 0 Å². The highest BCUT2D eigenvalue weighted by Crippen LogP contribution is 2.24. The van der Waals surface area contributed by atoms with Gasteiger partial charge in [-0.3, -0.25) is 9.88 Å². The summed E-state index contributed by atoms with van der Waals surface area (Å²) in [5.41, 5.74) is 2.40. The van der Waals surface area contributed by atoms with Crippen molar-refractivity contribution in [1.29, 1.82) is 0 Å². The zero-order valence-corrected chi connectivity index (χ0v) is 12.9. The Balaban J connectivity index is 2.03. The van der Waals surface area contributed by atoms with E-state index in [4.69, 9.17) is 0 Å². The molecule has 0 saturated heterocycles. The van der Waals surface area contributed by atoms with Crippen LogP contribution >= 0.6 is 0 Å². The van der Waals surface area contributed by atoms with Crippen LogP contribution < -0.4 is 0 Å². The SMILES string of the molecule is CCCN(Cc1ccc(CC)cn1)[C@@H]1CCCC[C@H]1O. The number of aryl methyl sites for hydroxylation is 1. The molecule has 0 amide bonds. The fourth-order valence-electron chi connectivity index (χ4n) is 3.13. The zero-order valence-electron chi connectivity index (χ0n) is 12.9. The van der Waals surface area contributed by atoms with Crippen LogP contribution in [0.3, 0.4) is 0 Å². The van der Waals surface area contributed by atoms with Crippen LogP contribution in [-0.2, 0) is 13.0 Å². The highest BCUT2D eigenvalue weighted by atomic mass is 16.3. The van der Waals surface area contributed by atoms with Crippen LogP contribution in [0.1, 0.15) is 57.2 Å². The maximum Gasteiger partial charge on any atom is 0.0695 e. The fraction of sp³-hybridized carbons (Fsp3) is 0.706. The number of pyridine rings is 1. The summed E-state index contributed by atoms with van der Waals surface area (Å²) in [6, 6.07) is 4.62. The van der Waals surface area contributed by atoms with Crippen molar-refractivity contribution in [3.05, 3.63) is 29.6 Å². The van der Waals surface area contributed by atoms with E-state index >= 15 is 0 Å². The van der Waals surface area contributed by atoms with Crippen molar-refractivity contribution in [2.24, 2.45) is 0 Å². The average Bonchev–Trinajstić information content (AvgIpc) is 2.48. The number of aliphatic hydroxyl groups is 1. The van der Waals surface area contributed by atoms with Crippen LogP contribution in [-0.4, -0.2) is 33.7 Å². The minimum Gasteiger partial charge on any atom is -0.391 e. The molecular weight excluding hydrogens is 248 g/mol. The summed E-state index contributed by atoms with van der Waals surface area (Å²) >= 11 is 0. The highest BCUT2D eigenvalue weighted by Gasteiger charge is 2.28. The van der Waals surface area contributed by atoms with E-state index in [1.165, 1.54) is 18.4 Å². The van der Waals surface area contributed by atoms with Crippen molar-refractivity contribution in [3.8, 4) is 0 Å². The molecular formula is C17H28N2O. The summed E-state index contributed by atoms with van der Waals surface area (Å²) in [5.74, 6) is 0. The lowest BCUT2D eigenvalue weighted by Crippen LogP contribution is -2.45. The van der Waals surface area contributed by atoms with E-state index in [0.717, 1.165) is 44.5 Å². The summed E-state index contributed by atoms with van der Waals surface area (Å²) in [5, 5.41) is 10.3. The van der Waals surface area contributed by atoms with Gasteiger partial charge in [0.25, 0.3) is 0 Å². The molecule has 0 radical (unpaired) electrons. The van der Waals surface area contributed by atoms with Crippen LogP contribution in [0.15, 0.2) is 18.3 Å². The van der Waals surface area contributed by atoms with Gasteiger partial charge in [0.1, 0.15) is 0 Å². The molecule has 2 atom stereocenters. The maximum absolute atomic E-state index is 10.3. The first-order chi connectivity index (χ1) is 9.74. The molecule has 112 valence electrons. The van der Waals surface area contributed by atoms with Gasteiger partial charge in [-0.05, 0) is 43.9 Å². The second-order valence-corrected chi connectivity index (χ2v) is 5.90. The monoisotopic (exact) mass is 276 g/mol. The minimum absolute atomic E-state index is 0.162. The van der Waals surface area contributed by atoms with Crippen LogP contribution in [0.4, 0.5) is 0 Å². The summed E-state index contributed by atoms with van der Waals surface area (Å²) < 4.78 is 0. The van der Waals surface area contributed by atoms with Crippen LogP contribution in [0.25, 0.3) is 0 Å². The topological polar surface area (TPSA) is 36.4 Å². The van der Waals surface area contributed by atoms with Gasteiger partial charge in [-0.2, -0.15) is 0 Å². The third-order valence-corrected chi connectivity index (χ3v) is 4.33. The van der Waals surface area contributed by atoms with Crippen molar-refractivity contribution < 1.29 is 5.11 Å². The number of aromatic nitrogens is 1. The molecule has 2 rings (SSSR count). The van der Waals surface area contributed by atoms with Gasteiger partial charge >= 0.3 is 0 Å². The van der Waals surface area contributed by atoms with Crippen molar-refractivity contribution in [2.75, 3.05) is 6.54 Å². The average molecular weight is 276 g/mol. The Morgan fingerprint density at radius 3 is 2.65 bits per heavy atom. The highest BCUT2D eigenvalue weighted by molar-refractivity contribution is 5.14. The summed E-state index contributed by atoms with van der Waals surface area (Å²) in [6.07, 6.45) is 8.46. The molecule has 0 aromatic carbocycles. The van der Waals surface area contributed by atoms with E-state index in [-0.39, 0.29) is 6.10 Å². The van der Waals surface area contributed by atoms with E-state index in [0.29, 0.717) is 6.04 Å². The van der Waals surface area contributed by atoms with E-state index in [9.17, 15) is 5.11 Å². The molecule has 0 bridgehead atoms. The van der Waals surface area contributed by atoms with Gasteiger partial charge in [-0.25, -0.2) is 0 Å². The third kappa shape index (κ3) is 4.03. The van der Waals surface area contributed by atoms with E-state index < -0.39 is 0 Å². The summed E-state index contributed by atoms with van der Waals surface area (Å²) in [6.45, 7) is 6.26. The number of hydrogen-bond acceptors (Lipinski definition) is 3. The Morgan fingerprint density at radius 2 is 2.05 bits per heavy atom. The predicted molar refractivity (Wildman–Crippen MR) is 82.6 cm³/mol. The van der Waals surface area contributed by atoms with Crippen LogP contribution in [0, 0.1) is 0 Å². The van der Waals surface area contributed by atoms with Crippen molar-refractivity contribution in [2.45, 2.75) is 71.1 Å². The first-order valence-corrected chi connectivity index (χ1v) is 8.10. The first kappa shape index (κ1) is 15.5. The molecule has 1 aromatic heterocycles. The van der Waals surface area contributed by atoms with Gasteiger partial charge in [0.05, 0.1) is 11.8 Å². The molecule has 0 unspecified atom stereocenters. The number of hydrogen-bond donors (Lipinski definition) is 1. The van der Waals surface area contributed by atoms with Crippen molar-refractivity contribution in [1.82, 2.24) is 9.88 Å². The Bertz CT molecular complexity index is 390. The molecule has 0 spiro atoms. The Hall–Kier alpha value is -0.930. The van der Waals surface area contributed by atoms with Gasteiger partial charge in [-0.15, -0.1) is 0 Å². The first-order valence-electron chi connectivity index (χ1n) is 8.10. The lowest BCUT2D eigenvalue weighted by atomic mass is 9.91. The van der Waals surface area contributed by atoms with Gasteiger partial charge in [0.15, 0.2) is 0 Å².